The molecule has 7 heteroatoms. The largest absolute Gasteiger partial charge is 0.507 e. The molecule has 0 saturated carbocycles. The number of rotatable bonds is 3. The van der Waals surface area contributed by atoms with Gasteiger partial charge >= 0.3 is 11.9 Å². The van der Waals surface area contributed by atoms with Gasteiger partial charge in [-0.2, -0.15) is 0 Å². The zero-order chi connectivity index (χ0) is 17.4. The lowest BCUT2D eigenvalue weighted by molar-refractivity contribution is -0.142. The molecule has 1 aliphatic rings. The van der Waals surface area contributed by atoms with E-state index in [-0.39, 0.29) is 35.3 Å². The van der Waals surface area contributed by atoms with Crippen LogP contribution < -0.4 is 4.74 Å². The van der Waals surface area contributed by atoms with E-state index in [9.17, 15) is 19.8 Å². The summed E-state index contributed by atoms with van der Waals surface area (Å²) in [4.78, 5) is 23.6. The molecule has 1 heterocycles. The summed E-state index contributed by atoms with van der Waals surface area (Å²) in [5, 5.41) is 21.2. The van der Waals surface area contributed by atoms with Crippen LogP contribution in [0.15, 0.2) is 18.2 Å². The van der Waals surface area contributed by atoms with Gasteiger partial charge in [0.15, 0.2) is 0 Å². The molecule has 1 aliphatic heterocycles. The van der Waals surface area contributed by atoms with Crippen molar-refractivity contribution in [3.63, 3.8) is 0 Å². The zero-order valence-corrected chi connectivity index (χ0v) is 13.2. The topological polar surface area (TPSA) is 102 Å². The second-order valence-electron chi connectivity index (χ2n) is 5.52. The maximum Gasteiger partial charge on any atom is 0.342 e. The van der Waals surface area contributed by atoms with Crippen molar-refractivity contribution in [2.24, 2.45) is 0 Å². The summed E-state index contributed by atoms with van der Waals surface area (Å²) >= 11 is 0. The number of ether oxygens (including phenoxy) is 3. The number of phenols is 2. The third-order valence-corrected chi connectivity index (χ3v) is 4.03. The maximum absolute atomic E-state index is 12.2. The molecule has 0 saturated heterocycles. The first-order valence-corrected chi connectivity index (χ1v) is 7.28. The number of benzene rings is 2. The molecular weight excluding hydrogens is 316 g/mol. The highest BCUT2D eigenvalue weighted by Gasteiger charge is 2.32. The first kappa shape index (κ1) is 15.9. The van der Waals surface area contributed by atoms with Crippen LogP contribution in [0.3, 0.4) is 0 Å². The average molecular weight is 332 g/mol. The fourth-order valence-corrected chi connectivity index (χ4v) is 2.92. The van der Waals surface area contributed by atoms with Crippen molar-refractivity contribution in [1.82, 2.24) is 0 Å². The standard InChI is InChI=1S/C17H16O7/c1-22-10-4-8-3-9-5-11(7-13(19)23-2)24-17(21)15(9)16(20)14(8)12(18)6-10/h3-4,6,11,18,20H,5,7H2,1-2H3. The Morgan fingerprint density at radius 1 is 1.29 bits per heavy atom. The van der Waals surface area contributed by atoms with Crippen LogP contribution in [-0.2, 0) is 20.7 Å². The second kappa shape index (κ2) is 5.92. The summed E-state index contributed by atoms with van der Waals surface area (Å²) in [5.74, 6) is -1.34. The Labute approximate surface area is 137 Å². The number of hydrogen-bond donors (Lipinski definition) is 2. The van der Waals surface area contributed by atoms with E-state index >= 15 is 0 Å². The van der Waals surface area contributed by atoms with E-state index in [2.05, 4.69) is 4.74 Å². The maximum atomic E-state index is 12.2. The SMILES string of the molecule is COC(=O)CC1Cc2cc3cc(OC)cc(O)c3c(O)c2C(=O)O1. The smallest absolute Gasteiger partial charge is 0.342 e. The molecule has 126 valence electrons. The molecule has 24 heavy (non-hydrogen) atoms. The third-order valence-electron chi connectivity index (χ3n) is 4.03. The number of methoxy groups -OCH3 is 2. The molecule has 1 atom stereocenters. The Kier molecular flexibility index (Phi) is 3.92. The molecule has 0 spiro atoms. The summed E-state index contributed by atoms with van der Waals surface area (Å²) in [7, 11) is 2.72. The van der Waals surface area contributed by atoms with Gasteiger partial charge in [0, 0.05) is 12.5 Å². The van der Waals surface area contributed by atoms with E-state index in [0.29, 0.717) is 16.7 Å². The number of esters is 2. The van der Waals surface area contributed by atoms with Gasteiger partial charge < -0.3 is 24.4 Å². The summed E-state index contributed by atoms with van der Waals surface area (Å²) in [5.41, 5.74) is 0.543. The number of carbonyl (C=O) groups is 2. The molecule has 2 aromatic rings. The lowest BCUT2D eigenvalue weighted by atomic mass is 9.92. The first-order chi connectivity index (χ1) is 11.4. The minimum atomic E-state index is -0.736. The molecule has 2 N–H and O–H groups in total. The van der Waals surface area contributed by atoms with Crippen LogP contribution in [0.2, 0.25) is 0 Å². The van der Waals surface area contributed by atoms with Crippen molar-refractivity contribution in [3.05, 3.63) is 29.3 Å². The van der Waals surface area contributed by atoms with E-state index < -0.39 is 18.0 Å². The summed E-state index contributed by atoms with van der Waals surface area (Å²) in [6.07, 6.45) is -0.463. The van der Waals surface area contributed by atoms with Gasteiger partial charge in [0.1, 0.15) is 28.9 Å². The molecule has 2 aromatic carbocycles. The highest BCUT2D eigenvalue weighted by Crippen LogP contribution is 2.42. The number of fused-ring (bicyclic) bond motifs is 2. The Hall–Kier alpha value is -2.96. The molecule has 0 fully saturated rings. The molecule has 0 bridgehead atoms. The van der Waals surface area contributed by atoms with E-state index in [4.69, 9.17) is 9.47 Å². The predicted octanol–water partition coefficient (Wildman–Crippen LogP) is 1.90. The molecule has 3 rings (SSSR count). The highest BCUT2D eigenvalue weighted by atomic mass is 16.6. The van der Waals surface area contributed by atoms with Crippen molar-refractivity contribution in [2.45, 2.75) is 18.9 Å². The van der Waals surface area contributed by atoms with Gasteiger partial charge in [-0.15, -0.1) is 0 Å². The molecule has 0 aliphatic carbocycles. The number of phenolic OH excluding ortho intramolecular Hbond substituents is 2. The van der Waals surface area contributed by atoms with Gasteiger partial charge in [0.25, 0.3) is 0 Å². The van der Waals surface area contributed by atoms with E-state index in [1.807, 2.05) is 0 Å². The molecule has 0 aromatic heterocycles. The van der Waals surface area contributed by atoms with Gasteiger partial charge in [-0.3, -0.25) is 4.79 Å². The zero-order valence-electron chi connectivity index (χ0n) is 13.2. The Morgan fingerprint density at radius 3 is 2.71 bits per heavy atom. The van der Waals surface area contributed by atoms with Gasteiger partial charge in [-0.1, -0.05) is 0 Å². The number of cyclic esters (lactones) is 1. The van der Waals surface area contributed by atoms with Gasteiger partial charge in [-0.25, -0.2) is 4.79 Å². The molecule has 0 radical (unpaired) electrons. The van der Waals surface area contributed by atoms with Crippen LogP contribution in [0, 0.1) is 0 Å². The highest BCUT2D eigenvalue weighted by molar-refractivity contribution is 6.06. The van der Waals surface area contributed by atoms with Crippen LogP contribution in [-0.4, -0.2) is 42.5 Å². The van der Waals surface area contributed by atoms with Crippen molar-refractivity contribution in [1.29, 1.82) is 0 Å². The van der Waals surface area contributed by atoms with Gasteiger partial charge in [0.05, 0.1) is 26.0 Å². The lowest BCUT2D eigenvalue weighted by Gasteiger charge is -2.25. The molecular formula is C17H16O7. The summed E-state index contributed by atoms with van der Waals surface area (Å²) < 4.78 is 14.9. The van der Waals surface area contributed by atoms with Crippen LogP contribution in [0.5, 0.6) is 17.2 Å². The summed E-state index contributed by atoms with van der Waals surface area (Å²) in [6.45, 7) is 0. The van der Waals surface area contributed by atoms with Crippen molar-refractivity contribution >= 4 is 22.7 Å². The fraction of sp³-hybridized carbons (Fsp3) is 0.294. The Balaban J connectivity index is 2.11. The lowest BCUT2D eigenvalue weighted by Crippen LogP contribution is -2.30. The fourth-order valence-electron chi connectivity index (χ4n) is 2.92. The minimum Gasteiger partial charge on any atom is -0.507 e. The second-order valence-corrected chi connectivity index (χ2v) is 5.52. The monoisotopic (exact) mass is 332 g/mol. The average Bonchev–Trinajstić information content (AvgIpc) is 2.53. The minimum absolute atomic E-state index is 0.00378. The van der Waals surface area contributed by atoms with Crippen LogP contribution >= 0.6 is 0 Å². The van der Waals surface area contributed by atoms with E-state index in [1.165, 1.54) is 20.3 Å². The number of carbonyl (C=O) groups excluding carboxylic acids is 2. The molecule has 7 nitrogen and oxygen atoms in total. The molecule has 0 amide bonds. The Morgan fingerprint density at radius 2 is 2.04 bits per heavy atom. The Bertz CT molecular complexity index is 841. The van der Waals surface area contributed by atoms with E-state index in [0.717, 1.165) is 0 Å². The van der Waals surface area contributed by atoms with Crippen molar-refractivity contribution in [2.75, 3.05) is 14.2 Å². The van der Waals surface area contributed by atoms with Crippen molar-refractivity contribution in [3.8, 4) is 17.2 Å². The quantitative estimate of drug-likeness (QED) is 0.828. The van der Waals surface area contributed by atoms with Crippen LogP contribution in [0.4, 0.5) is 0 Å². The normalized spacial score (nSPS) is 16.4. The first-order valence-electron chi connectivity index (χ1n) is 7.28. The predicted molar refractivity (Wildman–Crippen MR) is 83.4 cm³/mol. The van der Waals surface area contributed by atoms with Crippen LogP contribution in [0.1, 0.15) is 22.3 Å². The number of aromatic hydroxyl groups is 2. The molecule has 1 unspecified atom stereocenters. The van der Waals surface area contributed by atoms with Crippen molar-refractivity contribution < 1.29 is 34.0 Å². The summed E-state index contributed by atoms with van der Waals surface area (Å²) in [6, 6.07) is 4.67. The van der Waals surface area contributed by atoms with Gasteiger partial charge in [0.2, 0.25) is 0 Å². The van der Waals surface area contributed by atoms with Crippen LogP contribution in [0.25, 0.3) is 10.8 Å². The number of hydrogen-bond acceptors (Lipinski definition) is 7. The third kappa shape index (κ3) is 2.58. The van der Waals surface area contributed by atoms with E-state index in [1.54, 1.807) is 12.1 Å². The van der Waals surface area contributed by atoms with Gasteiger partial charge in [-0.05, 0) is 23.1 Å².